The number of aliphatic hydroxyl groups excluding tert-OH is 1. The largest absolute Gasteiger partial charge is 0.378 e. The SMILES string of the molecule is O=NN1CC2CCC(C1)N2C(O)C1CC1. The average molecular weight is 211 g/mol. The van der Waals surface area contributed by atoms with Gasteiger partial charge < -0.3 is 5.11 Å². The van der Waals surface area contributed by atoms with E-state index in [4.69, 9.17) is 0 Å². The molecule has 0 aromatic carbocycles. The third-order valence-electron chi connectivity index (χ3n) is 3.98. The van der Waals surface area contributed by atoms with Gasteiger partial charge in [-0.15, -0.1) is 4.91 Å². The van der Waals surface area contributed by atoms with Crippen molar-refractivity contribution in [2.75, 3.05) is 13.1 Å². The lowest BCUT2D eigenvalue weighted by Crippen LogP contribution is -2.56. The predicted octanol–water partition coefficient (Wildman–Crippen LogP) is 0.545. The van der Waals surface area contributed by atoms with Crippen LogP contribution in [0.4, 0.5) is 0 Å². The van der Waals surface area contributed by atoms with Crippen LogP contribution in [0.25, 0.3) is 0 Å². The number of rotatable bonds is 3. The van der Waals surface area contributed by atoms with E-state index in [-0.39, 0.29) is 6.23 Å². The maximum Gasteiger partial charge on any atom is 0.110 e. The van der Waals surface area contributed by atoms with Gasteiger partial charge >= 0.3 is 0 Å². The van der Waals surface area contributed by atoms with Gasteiger partial charge in [-0.2, -0.15) is 0 Å². The molecular formula is C10H17N3O2. The molecule has 15 heavy (non-hydrogen) atoms. The minimum Gasteiger partial charge on any atom is -0.378 e. The number of nitrogens with zero attached hydrogens (tertiary/aromatic N) is 3. The molecule has 5 heteroatoms. The van der Waals surface area contributed by atoms with Crippen molar-refractivity contribution in [3.8, 4) is 0 Å². The Bertz CT molecular complexity index is 255. The highest BCUT2D eigenvalue weighted by Crippen LogP contribution is 2.40. The minimum atomic E-state index is -0.267. The average Bonchev–Trinajstić information content (AvgIpc) is 3.04. The van der Waals surface area contributed by atoms with Crippen LogP contribution in [0.15, 0.2) is 5.29 Å². The molecule has 1 saturated carbocycles. The van der Waals surface area contributed by atoms with Crippen LogP contribution in [0.2, 0.25) is 0 Å². The maximum absolute atomic E-state index is 10.5. The summed E-state index contributed by atoms with van der Waals surface area (Å²) >= 11 is 0. The first-order chi connectivity index (χ1) is 7.29. The quantitative estimate of drug-likeness (QED) is 0.692. The van der Waals surface area contributed by atoms with Crippen LogP contribution in [0.5, 0.6) is 0 Å². The Hall–Kier alpha value is -0.680. The van der Waals surface area contributed by atoms with E-state index in [1.807, 2.05) is 0 Å². The van der Waals surface area contributed by atoms with Gasteiger partial charge in [0.05, 0.1) is 18.4 Å². The summed E-state index contributed by atoms with van der Waals surface area (Å²) in [4.78, 5) is 12.7. The number of nitroso groups, excluding NO2 is 1. The number of hydrogen-bond acceptors (Lipinski definition) is 4. The fraction of sp³-hybridized carbons (Fsp3) is 1.00. The van der Waals surface area contributed by atoms with Gasteiger partial charge in [0.2, 0.25) is 0 Å². The number of hydrogen-bond donors (Lipinski definition) is 1. The summed E-state index contributed by atoms with van der Waals surface area (Å²) in [6.07, 6.45) is 4.25. The van der Waals surface area contributed by atoms with Crippen LogP contribution in [0, 0.1) is 10.8 Å². The molecule has 0 amide bonds. The molecule has 3 unspecified atom stereocenters. The van der Waals surface area contributed by atoms with Crippen molar-refractivity contribution in [2.24, 2.45) is 11.2 Å². The van der Waals surface area contributed by atoms with Gasteiger partial charge in [-0.25, -0.2) is 0 Å². The van der Waals surface area contributed by atoms with Crippen molar-refractivity contribution in [3.63, 3.8) is 0 Å². The van der Waals surface area contributed by atoms with E-state index in [2.05, 4.69) is 10.2 Å². The van der Waals surface area contributed by atoms with Crippen molar-refractivity contribution in [3.05, 3.63) is 4.91 Å². The maximum atomic E-state index is 10.5. The van der Waals surface area contributed by atoms with Crippen molar-refractivity contribution in [1.82, 2.24) is 9.91 Å². The zero-order valence-corrected chi connectivity index (χ0v) is 8.75. The molecule has 2 heterocycles. The predicted molar refractivity (Wildman–Crippen MR) is 54.7 cm³/mol. The molecule has 3 aliphatic rings. The van der Waals surface area contributed by atoms with Crippen LogP contribution in [0.1, 0.15) is 25.7 Å². The van der Waals surface area contributed by atoms with Crippen LogP contribution in [-0.4, -0.2) is 46.4 Å². The van der Waals surface area contributed by atoms with Crippen molar-refractivity contribution >= 4 is 0 Å². The van der Waals surface area contributed by atoms with Crippen LogP contribution in [-0.2, 0) is 0 Å². The summed E-state index contributed by atoms with van der Waals surface area (Å²) in [5, 5.41) is 14.8. The molecule has 1 aliphatic carbocycles. The molecule has 0 radical (unpaired) electrons. The molecule has 0 aromatic rings. The van der Waals surface area contributed by atoms with E-state index in [9.17, 15) is 10.0 Å². The van der Waals surface area contributed by atoms with Gasteiger partial charge in [0.1, 0.15) is 6.23 Å². The van der Waals surface area contributed by atoms with E-state index in [0.29, 0.717) is 31.1 Å². The fourth-order valence-electron chi connectivity index (χ4n) is 3.05. The monoisotopic (exact) mass is 211 g/mol. The van der Waals surface area contributed by atoms with Gasteiger partial charge in [0.25, 0.3) is 0 Å². The smallest absolute Gasteiger partial charge is 0.110 e. The van der Waals surface area contributed by atoms with Gasteiger partial charge in [0, 0.05) is 12.1 Å². The van der Waals surface area contributed by atoms with E-state index >= 15 is 0 Å². The molecule has 0 aromatic heterocycles. The van der Waals surface area contributed by atoms with Crippen LogP contribution < -0.4 is 0 Å². The van der Waals surface area contributed by atoms with Crippen molar-refractivity contribution in [2.45, 2.75) is 44.0 Å². The third-order valence-corrected chi connectivity index (χ3v) is 3.98. The standard InChI is InChI=1S/C10H17N3O2/c14-10(7-1-2-7)13-8-3-4-9(13)6-12(5-8)11-15/h7-10,14H,1-6H2. The molecule has 0 spiro atoms. The normalized spacial score (nSPS) is 38.1. The highest BCUT2D eigenvalue weighted by molar-refractivity contribution is 4.98. The Morgan fingerprint density at radius 1 is 1.13 bits per heavy atom. The number of piperazine rings is 1. The first-order valence-corrected chi connectivity index (χ1v) is 5.83. The Balaban J connectivity index is 1.72. The summed E-state index contributed by atoms with van der Waals surface area (Å²) in [6, 6.07) is 0.689. The third kappa shape index (κ3) is 1.54. The van der Waals surface area contributed by atoms with Crippen LogP contribution in [0.3, 0.4) is 0 Å². The lowest BCUT2D eigenvalue weighted by molar-refractivity contribution is -0.0768. The second-order valence-corrected chi connectivity index (χ2v) is 5.04. The molecule has 3 rings (SSSR count). The lowest BCUT2D eigenvalue weighted by Gasteiger charge is -2.41. The Kier molecular flexibility index (Phi) is 2.17. The summed E-state index contributed by atoms with van der Waals surface area (Å²) in [7, 11) is 0. The second kappa shape index (κ2) is 3.42. The van der Waals surface area contributed by atoms with E-state index < -0.39 is 0 Å². The first kappa shape index (κ1) is 9.54. The van der Waals surface area contributed by atoms with Crippen molar-refractivity contribution in [1.29, 1.82) is 0 Å². The van der Waals surface area contributed by atoms with Gasteiger partial charge in [-0.1, -0.05) is 0 Å². The number of fused-ring (bicyclic) bond motifs is 2. The molecule has 5 nitrogen and oxygen atoms in total. The molecule has 1 N–H and O–H groups in total. The van der Waals surface area contributed by atoms with Crippen molar-refractivity contribution < 1.29 is 5.11 Å². The Morgan fingerprint density at radius 2 is 1.73 bits per heavy atom. The zero-order chi connectivity index (χ0) is 10.4. The minimum absolute atomic E-state index is 0.267. The Labute approximate surface area is 89.0 Å². The zero-order valence-electron chi connectivity index (χ0n) is 8.75. The summed E-state index contributed by atoms with van der Waals surface area (Å²) in [5.41, 5.74) is 0. The highest BCUT2D eigenvalue weighted by Gasteiger charge is 2.47. The molecule has 2 bridgehead atoms. The molecular weight excluding hydrogens is 194 g/mol. The van der Waals surface area contributed by atoms with E-state index in [1.54, 1.807) is 5.01 Å². The Morgan fingerprint density at radius 3 is 2.20 bits per heavy atom. The van der Waals surface area contributed by atoms with Gasteiger partial charge in [-0.3, -0.25) is 9.91 Å². The lowest BCUT2D eigenvalue weighted by atomic mass is 10.1. The molecule has 84 valence electrons. The van der Waals surface area contributed by atoms with Crippen LogP contribution >= 0.6 is 0 Å². The van der Waals surface area contributed by atoms with E-state index in [1.165, 1.54) is 0 Å². The van der Waals surface area contributed by atoms with Gasteiger partial charge in [-0.05, 0) is 31.6 Å². The molecule has 2 saturated heterocycles. The first-order valence-electron chi connectivity index (χ1n) is 5.83. The van der Waals surface area contributed by atoms with Gasteiger partial charge in [0.15, 0.2) is 0 Å². The summed E-state index contributed by atoms with van der Waals surface area (Å²) in [5.74, 6) is 0.490. The molecule has 3 atom stereocenters. The molecule has 3 fully saturated rings. The highest BCUT2D eigenvalue weighted by atomic mass is 16.3. The van der Waals surface area contributed by atoms with E-state index in [0.717, 1.165) is 25.7 Å². The number of aliphatic hydroxyl groups is 1. The second-order valence-electron chi connectivity index (χ2n) is 5.04. The fourth-order valence-corrected chi connectivity index (χ4v) is 3.05. The summed E-state index contributed by atoms with van der Waals surface area (Å²) in [6.45, 7) is 1.40. The summed E-state index contributed by atoms with van der Waals surface area (Å²) < 4.78 is 0. The molecule has 2 aliphatic heterocycles. The topological polar surface area (TPSA) is 56.1 Å².